The minimum atomic E-state index is -0.317. The summed E-state index contributed by atoms with van der Waals surface area (Å²) in [5, 5.41) is 2.81. The second-order valence-corrected chi connectivity index (χ2v) is 5.08. The Morgan fingerprint density at radius 1 is 0.958 bits per heavy atom. The number of pyridine rings is 1. The highest BCUT2D eigenvalue weighted by atomic mass is 19.1. The lowest BCUT2D eigenvalue weighted by Crippen LogP contribution is -2.23. The average Bonchev–Trinajstić information content (AvgIpc) is 2.63. The molecule has 120 valence electrons. The first-order valence-corrected chi connectivity index (χ1v) is 7.42. The molecule has 0 radical (unpaired) electrons. The molecule has 0 aliphatic heterocycles. The summed E-state index contributed by atoms with van der Waals surface area (Å²) in [4.78, 5) is 16.3. The van der Waals surface area contributed by atoms with Crippen LogP contribution in [0.15, 0.2) is 72.9 Å². The molecule has 0 fully saturated rings. The van der Waals surface area contributed by atoms with Gasteiger partial charge in [0.2, 0.25) is 0 Å². The number of carbonyl (C=O) groups is 1. The van der Waals surface area contributed by atoms with Crippen LogP contribution in [0.3, 0.4) is 0 Å². The number of nitrogens with one attached hydrogen (secondary N) is 1. The Labute approximate surface area is 138 Å². The van der Waals surface area contributed by atoms with Crippen LogP contribution in [-0.4, -0.2) is 10.9 Å². The van der Waals surface area contributed by atoms with Gasteiger partial charge in [-0.2, -0.15) is 0 Å². The van der Waals surface area contributed by atoms with Gasteiger partial charge >= 0.3 is 0 Å². The van der Waals surface area contributed by atoms with Crippen molar-refractivity contribution in [3.8, 4) is 11.5 Å². The van der Waals surface area contributed by atoms with Crippen LogP contribution in [0.4, 0.5) is 4.39 Å². The van der Waals surface area contributed by atoms with Gasteiger partial charge in [-0.15, -0.1) is 0 Å². The van der Waals surface area contributed by atoms with Gasteiger partial charge in [0.05, 0.1) is 12.2 Å². The molecule has 1 N–H and O–H groups in total. The van der Waals surface area contributed by atoms with Crippen molar-refractivity contribution in [2.24, 2.45) is 0 Å². The van der Waals surface area contributed by atoms with Gasteiger partial charge in [0.1, 0.15) is 17.3 Å². The third-order valence-electron chi connectivity index (χ3n) is 3.32. The second kappa shape index (κ2) is 7.37. The maximum atomic E-state index is 12.9. The smallest absolute Gasteiger partial charge is 0.251 e. The Morgan fingerprint density at radius 3 is 2.25 bits per heavy atom. The van der Waals surface area contributed by atoms with E-state index in [-0.39, 0.29) is 11.7 Å². The van der Waals surface area contributed by atoms with Gasteiger partial charge in [-0.05, 0) is 60.7 Å². The lowest BCUT2D eigenvalue weighted by atomic mass is 10.2. The van der Waals surface area contributed by atoms with Crippen molar-refractivity contribution in [1.82, 2.24) is 10.3 Å². The van der Waals surface area contributed by atoms with E-state index in [0.717, 1.165) is 5.69 Å². The van der Waals surface area contributed by atoms with Gasteiger partial charge in [-0.1, -0.05) is 6.07 Å². The lowest BCUT2D eigenvalue weighted by molar-refractivity contribution is 0.0950. The fraction of sp³-hybridized carbons (Fsp3) is 0.0526. The number of ether oxygens (including phenoxy) is 1. The number of halogens is 1. The largest absolute Gasteiger partial charge is 0.457 e. The summed E-state index contributed by atoms with van der Waals surface area (Å²) in [5.74, 6) is 0.600. The van der Waals surface area contributed by atoms with Crippen molar-refractivity contribution >= 4 is 5.91 Å². The molecule has 24 heavy (non-hydrogen) atoms. The number of carbonyl (C=O) groups excluding carboxylic acids is 1. The van der Waals surface area contributed by atoms with Gasteiger partial charge in [-0.3, -0.25) is 9.78 Å². The first-order chi connectivity index (χ1) is 11.7. The molecule has 0 saturated carbocycles. The van der Waals surface area contributed by atoms with E-state index in [4.69, 9.17) is 4.74 Å². The quantitative estimate of drug-likeness (QED) is 0.774. The molecule has 0 unspecified atom stereocenters. The van der Waals surface area contributed by atoms with E-state index in [9.17, 15) is 9.18 Å². The SMILES string of the molecule is O=C(NCc1ccccn1)c1ccc(Oc2ccc(F)cc2)cc1. The summed E-state index contributed by atoms with van der Waals surface area (Å²) < 4.78 is 18.4. The predicted octanol–water partition coefficient (Wildman–Crippen LogP) is 3.94. The molecule has 2 aromatic carbocycles. The van der Waals surface area contributed by atoms with Gasteiger partial charge in [0.25, 0.3) is 5.91 Å². The molecule has 1 amide bonds. The van der Waals surface area contributed by atoms with Crippen molar-refractivity contribution in [2.75, 3.05) is 0 Å². The molecule has 1 heterocycles. The predicted molar refractivity (Wildman–Crippen MR) is 88.3 cm³/mol. The summed E-state index contributed by atoms with van der Waals surface area (Å²) in [6.07, 6.45) is 1.68. The molecular weight excluding hydrogens is 307 g/mol. The number of nitrogens with zero attached hydrogens (tertiary/aromatic N) is 1. The maximum Gasteiger partial charge on any atom is 0.251 e. The third-order valence-corrected chi connectivity index (χ3v) is 3.32. The highest BCUT2D eigenvalue weighted by Gasteiger charge is 2.06. The zero-order valence-corrected chi connectivity index (χ0v) is 12.8. The first-order valence-electron chi connectivity index (χ1n) is 7.42. The van der Waals surface area contributed by atoms with E-state index in [1.54, 1.807) is 42.6 Å². The summed E-state index contributed by atoms with van der Waals surface area (Å²) >= 11 is 0. The molecule has 5 heteroatoms. The van der Waals surface area contributed by atoms with E-state index >= 15 is 0 Å². The molecule has 0 aliphatic rings. The lowest BCUT2D eigenvalue weighted by Gasteiger charge is -2.07. The Kier molecular flexibility index (Phi) is 4.81. The molecule has 0 bridgehead atoms. The standard InChI is InChI=1S/C19H15FN2O2/c20-15-6-10-18(11-7-15)24-17-8-4-14(5-9-17)19(23)22-13-16-3-1-2-12-21-16/h1-12H,13H2,(H,22,23). The number of benzene rings is 2. The highest BCUT2D eigenvalue weighted by molar-refractivity contribution is 5.94. The Morgan fingerprint density at radius 2 is 1.62 bits per heavy atom. The summed E-state index contributed by atoms with van der Waals surface area (Å²) in [7, 11) is 0. The average molecular weight is 322 g/mol. The van der Waals surface area contributed by atoms with Crippen molar-refractivity contribution in [1.29, 1.82) is 0 Å². The fourth-order valence-corrected chi connectivity index (χ4v) is 2.09. The number of amides is 1. The topological polar surface area (TPSA) is 51.2 Å². The van der Waals surface area contributed by atoms with Crippen LogP contribution in [-0.2, 0) is 6.54 Å². The summed E-state index contributed by atoms with van der Waals surface area (Å²) in [6.45, 7) is 0.369. The molecule has 3 aromatic rings. The van der Waals surface area contributed by atoms with Crippen LogP contribution >= 0.6 is 0 Å². The van der Waals surface area contributed by atoms with E-state index in [0.29, 0.717) is 23.6 Å². The monoisotopic (exact) mass is 322 g/mol. The number of aromatic nitrogens is 1. The zero-order chi connectivity index (χ0) is 16.8. The molecule has 0 atom stereocenters. The Balaban J connectivity index is 1.59. The Bertz CT molecular complexity index is 803. The minimum absolute atomic E-state index is 0.186. The van der Waals surface area contributed by atoms with Crippen molar-refractivity contribution in [3.63, 3.8) is 0 Å². The van der Waals surface area contributed by atoms with Gasteiger partial charge < -0.3 is 10.1 Å². The van der Waals surface area contributed by atoms with E-state index in [1.807, 2.05) is 18.2 Å². The third kappa shape index (κ3) is 4.16. The van der Waals surface area contributed by atoms with Crippen molar-refractivity contribution in [3.05, 3.63) is 90.0 Å². The molecule has 3 rings (SSSR count). The van der Waals surface area contributed by atoms with Crippen LogP contribution < -0.4 is 10.1 Å². The summed E-state index contributed by atoms with van der Waals surface area (Å²) in [5.41, 5.74) is 1.32. The second-order valence-electron chi connectivity index (χ2n) is 5.08. The molecule has 0 aliphatic carbocycles. The Hall–Kier alpha value is -3.21. The molecule has 0 saturated heterocycles. The number of hydrogen-bond acceptors (Lipinski definition) is 3. The maximum absolute atomic E-state index is 12.9. The normalized spacial score (nSPS) is 10.2. The minimum Gasteiger partial charge on any atom is -0.457 e. The van der Waals surface area contributed by atoms with Crippen molar-refractivity contribution in [2.45, 2.75) is 6.54 Å². The molecule has 1 aromatic heterocycles. The first kappa shape index (κ1) is 15.7. The van der Waals surface area contributed by atoms with Crippen LogP contribution in [0.2, 0.25) is 0 Å². The van der Waals surface area contributed by atoms with Gasteiger partial charge in [0.15, 0.2) is 0 Å². The van der Waals surface area contributed by atoms with Crippen LogP contribution in [0.5, 0.6) is 11.5 Å². The highest BCUT2D eigenvalue weighted by Crippen LogP contribution is 2.21. The van der Waals surface area contributed by atoms with Gasteiger partial charge in [0, 0.05) is 11.8 Å². The zero-order valence-electron chi connectivity index (χ0n) is 12.8. The molecule has 4 nitrogen and oxygen atoms in total. The van der Waals surface area contributed by atoms with Gasteiger partial charge in [-0.25, -0.2) is 4.39 Å². The van der Waals surface area contributed by atoms with Crippen LogP contribution in [0, 0.1) is 5.82 Å². The molecular formula is C19H15FN2O2. The number of hydrogen-bond donors (Lipinski definition) is 1. The van der Waals surface area contributed by atoms with Crippen LogP contribution in [0.1, 0.15) is 16.1 Å². The van der Waals surface area contributed by atoms with E-state index in [1.165, 1.54) is 12.1 Å². The molecule has 0 spiro atoms. The number of rotatable bonds is 5. The van der Waals surface area contributed by atoms with E-state index < -0.39 is 0 Å². The fourth-order valence-electron chi connectivity index (χ4n) is 2.09. The van der Waals surface area contributed by atoms with Crippen LogP contribution in [0.25, 0.3) is 0 Å². The van der Waals surface area contributed by atoms with E-state index in [2.05, 4.69) is 10.3 Å². The summed E-state index contributed by atoms with van der Waals surface area (Å²) in [6, 6.07) is 18.0. The van der Waals surface area contributed by atoms with Crippen molar-refractivity contribution < 1.29 is 13.9 Å².